The second kappa shape index (κ2) is 9.62. The normalized spacial score (nSPS) is 13.5. The van der Waals surface area contributed by atoms with Crippen LogP contribution in [-0.2, 0) is 27.3 Å². The lowest BCUT2D eigenvalue weighted by molar-refractivity contribution is -0.147. The number of carbonyl (C=O) groups is 2. The summed E-state index contributed by atoms with van der Waals surface area (Å²) in [6, 6.07) is 18.8. The fourth-order valence-electron chi connectivity index (χ4n) is 3.58. The van der Waals surface area contributed by atoms with Gasteiger partial charge in [-0.25, -0.2) is 4.79 Å². The molecule has 0 spiro atoms. The number of thiophene rings is 1. The number of ether oxygens (including phenoxy) is 2. The largest absolute Gasteiger partial charge is 0.496 e. The Hall–Kier alpha value is -3.38. The van der Waals surface area contributed by atoms with Gasteiger partial charge in [-0.1, -0.05) is 48.5 Å². The van der Waals surface area contributed by atoms with Crippen molar-refractivity contribution >= 4 is 34.9 Å². The molecule has 0 N–H and O–H groups in total. The highest BCUT2D eigenvalue weighted by Gasteiger charge is 2.23. The van der Waals surface area contributed by atoms with Crippen LogP contribution >= 0.6 is 11.3 Å². The number of amides is 1. The minimum Gasteiger partial charge on any atom is -0.496 e. The third-order valence-corrected chi connectivity index (χ3v) is 6.25. The molecule has 3 aromatic rings. The van der Waals surface area contributed by atoms with Crippen molar-refractivity contribution in [3.63, 3.8) is 0 Å². The Bertz CT molecular complexity index is 1100. The van der Waals surface area contributed by atoms with Gasteiger partial charge in [-0.2, -0.15) is 0 Å². The first-order valence-corrected chi connectivity index (χ1v) is 10.9. The number of hydrogen-bond donors (Lipinski definition) is 0. The fraction of sp³-hybridized carbons (Fsp3) is 0.200. The highest BCUT2D eigenvalue weighted by molar-refractivity contribution is 7.10. The molecule has 2 aromatic carbocycles. The monoisotopic (exact) mass is 433 g/mol. The van der Waals surface area contributed by atoms with E-state index in [1.807, 2.05) is 60.0 Å². The second-order valence-corrected chi connectivity index (χ2v) is 8.18. The predicted molar refractivity (Wildman–Crippen MR) is 122 cm³/mol. The van der Waals surface area contributed by atoms with E-state index in [9.17, 15) is 9.59 Å². The number of esters is 1. The van der Waals surface area contributed by atoms with E-state index in [1.165, 1.54) is 10.4 Å². The molecular weight excluding hydrogens is 410 g/mol. The summed E-state index contributed by atoms with van der Waals surface area (Å²) in [7, 11) is 1.59. The molecule has 0 saturated carbocycles. The van der Waals surface area contributed by atoms with Crippen molar-refractivity contribution in [2.24, 2.45) is 0 Å². The van der Waals surface area contributed by atoms with Gasteiger partial charge < -0.3 is 14.4 Å². The third-order valence-electron chi connectivity index (χ3n) is 5.23. The van der Waals surface area contributed by atoms with E-state index in [4.69, 9.17) is 9.47 Å². The lowest BCUT2D eigenvalue weighted by atomic mass is 10.0. The van der Waals surface area contributed by atoms with Gasteiger partial charge in [-0.05, 0) is 41.1 Å². The van der Waals surface area contributed by atoms with Crippen molar-refractivity contribution in [3.05, 3.63) is 87.6 Å². The summed E-state index contributed by atoms with van der Waals surface area (Å²) in [5, 5.41) is 2.05. The number of fused-ring (bicyclic) bond motifs is 1. The lowest BCUT2D eigenvalue weighted by Gasteiger charge is -2.26. The summed E-state index contributed by atoms with van der Waals surface area (Å²) >= 11 is 1.72. The van der Waals surface area contributed by atoms with Gasteiger partial charge in [0.2, 0.25) is 0 Å². The molecule has 2 heterocycles. The smallest absolute Gasteiger partial charge is 0.339 e. The van der Waals surface area contributed by atoms with Gasteiger partial charge in [0.05, 0.1) is 12.7 Å². The molecule has 0 bridgehead atoms. The van der Waals surface area contributed by atoms with E-state index in [0.29, 0.717) is 30.0 Å². The molecule has 6 heteroatoms. The number of methoxy groups -OCH3 is 1. The maximum absolute atomic E-state index is 13.0. The standard InChI is InChI=1S/C25H23NO4S/c1-29-22-10-6-5-9-19(22)15-21(18-7-3-2-4-8-18)25(28)30-17-24(27)26-13-11-23-20(16-26)12-14-31-23/h2-10,12,14-15H,11,13,16-17H2,1H3/b21-15+. The highest BCUT2D eigenvalue weighted by atomic mass is 32.1. The van der Waals surface area contributed by atoms with Crippen LogP contribution < -0.4 is 4.74 Å². The molecule has 4 rings (SSSR count). The quantitative estimate of drug-likeness (QED) is 0.328. The van der Waals surface area contributed by atoms with Crippen molar-refractivity contribution in [3.8, 4) is 5.75 Å². The van der Waals surface area contributed by atoms with Gasteiger partial charge in [0.1, 0.15) is 5.75 Å². The van der Waals surface area contributed by atoms with Crippen molar-refractivity contribution in [2.75, 3.05) is 20.3 Å². The molecule has 0 fully saturated rings. The zero-order chi connectivity index (χ0) is 21.6. The van der Waals surface area contributed by atoms with Crippen LogP contribution in [0, 0.1) is 0 Å². The highest BCUT2D eigenvalue weighted by Crippen LogP contribution is 2.26. The number of hydrogen-bond acceptors (Lipinski definition) is 5. The van der Waals surface area contributed by atoms with Crippen LogP contribution in [0.2, 0.25) is 0 Å². The Morgan fingerprint density at radius 3 is 2.65 bits per heavy atom. The van der Waals surface area contributed by atoms with Crippen molar-refractivity contribution in [2.45, 2.75) is 13.0 Å². The Balaban J connectivity index is 1.50. The summed E-state index contributed by atoms with van der Waals surface area (Å²) < 4.78 is 10.9. The van der Waals surface area contributed by atoms with E-state index in [1.54, 1.807) is 29.4 Å². The average molecular weight is 434 g/mol. The molecule has 0 aliphatic carbocycles. The molecule has 0 atom stereocenters. The van der Waals surface area contributed by atoms with Crippen LogP contribution in [0.15, 0.2) is 66.0 Å². The van der Waals surface area contributed by atoms with Crippen molar-refractivity contribution in [1.82, 2.24) is 4.90 Å². The number of nitrogens with zero attached hydrogens (tertiary/aromatic N) is 1. The number of rotatable bonds is 6. The first-order chi connectivity index (χ1) is 15.2. The predicted octanol–water partition coefficient (Wildman–Crippen LogP) is 4.43. The van der Waals surface area contributed by atoms with Crippen LogP contribution in [0.1, 0.15) is 21.6 Å². The zero-order valence-electron chi connectivity index (χ0n) is 17.2. The topological polar surface area (TPSA) is 55.8 Å². The van der Waals surface area contributed by atoms with Crippen molar-refractivity contribution < 1.29 is 19.1 Å². The SMILES string of the molecule is COc1ccccc1/C=C(/C(=O)OCC(=O)N1CCc2sccc2C1)c1ccccc1. The average Bonchev–Trinajstić information content (AvgIpc) is 3.29. The minimum atomic E-state index is -0.543. The van der Waals surface area contributed by atoms with E-state index in [0.717, 1.165) is 12.0 Å². The van der Waals surface area contributed by atoms with Gasteiger partial charge in [-0.3, -0.25) is 4.79 Å². The Morgan fingerprint density at radius 1 is 1.06 bits per heavy atom. The molecule has 0 saturated heterocycles. The summed E-state index contributed by atoms with van der Waals surface area (Å²) in [6.45, 7) is 0.929. The summed E-state index contributed by atoms with van der Waals surface area (Å²) in [6.07, 6.45) is 2.58. The van der Waals surface area contributed by atoms with Gasteiger partial charge >= 0.3 is 5.97 Å². The molecule has 31 heavy (non-hydrogen) atoms. The summed E-state index contributed by atoms with van der Waals surface area (Å²) in [5.41, 5.74) is 3.02. The second-order valence-electron chi connectivity index (χ2n) is 7.18. The van der Waals surface area contributed by atoms with E-state index in [-0.39, 0.29) is 12.5 Å². The van der Waals surface area contributed by atoms with Gasteiger partial charge in [0.15, 0.2) is 6.61 Å². The van der Waals surface area contributed by atoms with Crippen molar-refractivity contribution in [1.29, 1.82) is 0 Å². The van der Waals surface area contributed by atoms with Crippen LogP contribution in [0.25, 0.3) is 11.6 Å². The van der Waals surface area contributed by atoms with Crippen LogP contribution in [-0.4, -0.2) is 37.0 Å². The Kier molecular flexibility index (Phi) is 6.48. The van der Waals surface area contributed by atoms with Gasteiger partial charge in [0, 0.05) is 23.5 Å². The number of para-hydroxylation sites is 1. The summed E-state index contributed by atoms with van der Waals surface area (Å²) in [4.78, 5) is 28.7. The summed E-state index contributed by atoms with van der Waals surface area (Å²) in [5.74, 6) is -0.0757. The zero-order valence-corrected chi connectivity index (χ0v) is 18.1. The van der Waals surface area contributed by atoms with E-state index in [2.05, 4.69) is 6.07 Å². The molecule has 5 nitrogen and oxygen atoms in total. The van der Waals surface area contributed by atoms with Gasteiger partial charge in [-0.15, -0.1) is 11.3 Å². The Labute approximate surface area is 185 Å². The molecule has 0 radical (unpaired) electrons. The molecule has 1 aliphatic heterocycles. The number of carbonyl (C=O) groups excluding carboxylic acids is 2. The maximum atomic E-state index is 13.0. The number of benzene rings is 2. The maximum Gasteiger partial charge on any atom is 0.339 e. The van der Waals surface area contributed by atoms with Crippen LogP contribution in [0.4, 0.5) is 0 Å². The van der Waals surface area contributed by atoms with E-state index >= 15 is 0 Å². The Morgan fingerprint density at radius 2 is 1.84 bits per heavy atom. The molecule has 0 unspecified atom stereocenters. The molecule has 1 amide bonds. The third kappa shape index (κ3) is 4.86. The molecule has 158 valence electrons. The molecular formula is C25H23NO4S. The fourth-order valence-corrected chi connectivity index (χ4v) is 4.47. The first kappa shape index (κ1) is 20.9. The van der Waals surface area contributed by atoms with Crippen LogP contribution in [0.5, 0.6) is 5.75 Å². The first-order valence-electron chi connectivity index (χ1n) is 10.1. The van der Waals surface area contributed by atoms with E-state index < -0.39 is 5.97 Å². The van der Waals surface area contributed by atoms with Crippen LogP contribution in [0.3, 0.4) is 0 Å². The van der Waals surface area contributed by atoms with Gasteiger partial charge in [0.25, 0.3) is 5.91 Å². The molecule has 1 aromatic heterocycles. The minimum absolute atomic E-state index is 0.185. The molecule has 1 aliphatic rings. The lowest BCUT2D eigenvalue weighted by Crippen LogP contribution is -2.38.